The Bertz CT molecular complexity index is 1870. The Kier molecular flexibility index (Phi) is 33.9. The summed E-state index contributed by atoms with van der Waals surface area (Å²) in [5.74, 6) is -0.352. The number of allylic oxidation sites excluding steroid dienone is 2. The largest absolute Gasteiger partial charge is 0.534 e. The number of benzene rings is 2. The Morgan fingerprint density at radius 3 is 1.67 bits per heavy atom. The zero-order valence-corrected chi connectivity index (χ0v) is 37.8. The number of aldehydes is 2. The van der Waals surface area contributed by atoms with Gasteiger partial charge in [0.1, 0.15) is 17.3 Å². The maximum absolute atomic E-state index is 11.9. The smallest absolute Gasteiger partial charge is 0.466 e. The van der Waals surface area contributed by atoms with E-state index >= 15 is 0 Å². The Hall–Kier alpha value is -3.16. The summed E-state index contributed by atoms with van der Waals surface area (Å²) < 4.78 is 65.2. The van der Waals surface area contributed by atoms with Crippen molar-refractivity contribution in [2.24, 2.45) is 0 Å². The average molecular weight is 918 g/mol. The summed E-state index contributed by atoms with van der Waals surface area (Å²) in [4.78, 5) is 54.1. The third-order valence-electron chi connectivity index (χ3n) is 8.41. The van der Waals surface area contributed by atoms with Crippen LogP contribution in [0.2, 0.25) is 10.0 Å². The Balaban J connectivity index is -0.000000772. The van der Waals surface area contributed by atoms with Crippen LogP contribution in [0.15, 0.2) is 55.3 Å². The van der Waals surface area contributed by atoms with Gasteiger partial charge < -0.3 is 18.5 Å². The lowest BCUT2D eigenvalue weighted by molar-refractivity contribution is -0.143. The van der Waals surface area contributed by atoms with Crippen LogP contribution in [0.3, 0.4) is 0 Å². The van der Waals surface area contributed by atoms with E-state index < -0.39 is 52.9 Å². The molecule has 0 N–H and O–H groups in total. The third kappa shape index (κ3) is 28.4. The SMILES string of the molecule is C.C=C(CCCC(=O)OCC)OS(=O)(=O)C(F)(F)F.C=C(CCCC(C)=O)c1ccc(Cl)c(C=O)c1.CC(=O)CCCC(C)c1ccc(Cl)c(C=O)c1.[B]B([B])B(B([B])[B])B([B])[B]. The molecule has 0 aliphatic carbocycles. The molecule has 0 aliphatic heterocycles. The van der Waals surface area contributed by atoms with Gasteiger partial charge in [-0.3, -0.25) is 14.4 Å². The van der Waals surface area contributed by atoms with Crippen molar-refractivity contribution in [1.82, 2.24) is 0 Å². The fraction of sp³-hybridized carbons (Fsp3) is 0.447. The lowest BCUT2D eigenvalue weighted by Crippen LogP contribution is -2.62. The zero-order chi connectivity index (χ0) is 48.4. The summed E-state index contributed by atoms with van der Waals surface area (Å²) >= 11 is 11.7. The molecule has 0 bridgehead atoms. The maximum atomic E-state index is 11.9. The number of ketones is 2. The van der Waals surface area contributed by atoms with E-state index in [1.54, 1.807) is 39.0 Å². The number of carbonyl (C=O) groups excluding carboxylic acids is 5. The van der Waals surface area contributed by atoms with Crippen LogP contribution in [0, 0.1) is 0 Å². The maximum Gasteiger partial charge on any atom is 0.534 e. The molecule has 0 aliphatic rings. The second-order valence-corrected chi connectivity index (χ2v) is 16.2. The standard InChI is InChI=1S/C14H17ClO2.C14H15ClO2.C9H13F3O5S.CH4.B10/c2*1-10(4-3-5-11(2)17)12-6-7-14(15)13(8-12)9-16;1-3-16-8(13)6-4-5-7(2)17-18(14,15)9(10,11)12;;1-7(2)10(8(3)4)9(5)6/h6-10H,3-5H2,1-2H3;6-9H,1,3-5H2,2H3;2-6H2,1H3;1H4;. The van der Waals surface area contributed by atoms with Gasteiger partial charge in [0, 0.05) is 109 Å². The molecular formula is C38H49B10Cl2F3O9S. The fourth-order valence-corrected chi connectivity index (χ4v) is 5.82. The highest BCUT2D eigenvalue weighted by molar-refractivity contribution is 8.00. The third-order valence-corrected chi connectivity index (χ3v) is 10.1. The molecule has 1 unspecified atom stereocenters. The minimum absolute atomic E-state index is 0. The molecule has 0 spiro atoms. The molecular weight excluding hydrogens is 868 g/mol. The summed E-state index contributed by atoms with van der Waals surface area (Å²) in [6, 6.07) is 10.8. The van der Waals surface area contributed by atoms with Gasteiger partial charge in [0.15, 0.2) is 12.6 Å². The lowest BCUT2D eigenvalue weighted by Gasteiger charge is -2.23. The Labute approximate surface area is 392 Å². The molecule has 0 fully saturated rings. The van der Waals surface area contributed by atoms with Crippen molar-refractivity contribution in [3.8, 4) is 0 Å². The molecule has 25 heteroatoms. The molecule has 0 aromatic heterocycles. The first-order valence-corrected chi connectivity index (χ1v) is 21.4. The van der Waals surface area contributed by atoms with E-state index in [2.05, 4.69) is 29.0 Å². The van der Waals surface area contributed by atoms with Gasteiger partial charge in [0.25, 0.3) is 0 Å². The molecule has 12 radical (unpaired) electrons. The molecule has 0 saturated heterocycles. The minimum atomic E-state index is -5.67. The number of alkyl halides is 3. The van der Waals surface area contributed by atoms with Crippen LogP contribution in [-0.2, 0) is 33.4 Å². The van der Waals surface area contributed by atoms with Gasteiger partial charge in [-0.1, -0.05) is 62.8 Å². The second kappa shape index (κ2) is 33.3. The van der Waals surface area contributed by atoms with Gasteiger partial charge in [0.05, 0.1) is 16.7 Å². The zero-order valence-electron chi connectivity index (χ0n) is 35.4. The number of hydrogen-bond donors (Lipinski definition) is 0. The van der Waals surface area contributed by atoms with Crippen molar-refractivity contribution in [1.29, 1.82) is 0 Å². The van der Waals surface area contributed by atoms with Crippen molar-refractivity contribution in [3.63, 3.8) is 0 Å². The van der Waals surface area contributed by atoms with Gasteiger partial charge in [-0.2, -0.15) is 21.6 Å². The first kappa shape index (κ1) is 64.1. The van der Waals surface area contributed by atoms with Crippen LogP contribution < -0.4 is 0 Å². The normalized spacial score (nSPS) is 10.7. The van der Waals surface area contributed by atoms with E-state index in [-0.39, 0.29) is 44.9 Å². The van der Waals surface area contributed by atoms with Gasteiger partial charge in [-0.15, -0.1) is 0 Å². The fourth-order valence-electron chi connectivity index (χ4n) is 5.01. The molecule has 0 amide bonds. The van der Waals surface area contributed by atoms with Crippen molar-refractivity contribution in [2.75, 3.05) is 6.61 Å². The minimum Gasteiger partial charge on any atom is -0.466 e. The van der Waals surface area contributed by atoms with Crippen LogP contribution >= 0.6 is 23.2 Å². The number of hydrogen-bond acceptors (Lipinski definition) is 9. The van der Waals surface area contributed by atoms with E-state index in [0.29, 0.717) is 39.9 Å². The van der Waals surface area contributed by atoms with Gasteiger partial charge >= 0.3 is 21.6 Å². The van der Waals surface area contributed by atoms with Gasteiger partial charge in [0.2, 0.25) is 0 Å². The molecule has 2 aromatic rings. The molecule has 0 saturated carbocycles. The lowest BCUT2D eigenvalue weighted by atomic mass is 8.58. The molecule has 2 rings (SSSR count). The number of rotatable bonds is 22. The number of Topliss-reactive ketones (excluding diaryl/α,β-unsaturated/α-hetero) is 2. The van der Waals surface area contributed by atoms with Gasteiger partial charge in [-0.25, -0.2) is 0 Å². The van der Waals surface area contributed by atoms with E-state index in [9.17, 15) is 45.6 Å². The molecule has 0 heterocycles. The number of ether oxygens (including phenoxy) is 1. The summed E-state index contributed by atoms with van der Waals surface area (Å²) in [6.45, 7) is 14.1. The topological polar surface area (TPSA) is 138 Å². The van der Waals surface area contributed by atoms with Gasteiger partial charge in [-0.05, 0) is 99.8 Å². The monoisotopic (exact) mass is 918 g/mol. The summed E-state index contributed by atoms with van der Waals surface area (Å²) in [7, 11) is 26.1. The van der Waals surface area contributed by atoms with E-state index in [4.69, 9.17) is 69.6 Å². The van der Waals surface area contributed by atoms with Crippen LogP contribution in [-0.4, -0.2) is 123 Å². The van der Waals surface area contributed by atoms with E-state index in [1.165, 1.54) is 0 Å². The van der Waals surface area contributed by atoms with Crippen molar-refractivity contribution >= 4 is 141 Å². The van der Waals surface area contributed by atoms with Crippen molar-refractivity contribution in [3.05, 3.63) is 87.6 Å². The van der Waals surface area contributed by atoms with Crippen LogP contribution in [0.25, 0.3) is 5.57 Å². The molecule has 63 heavy (non-hydrogen) atoms. The average Bonchev–Trinajstić information content (AvgIpc) is 3.14. The number of halogens is 5. The molecule has 1 atom stereocenters. The highest BCUT2D eigenvalue weighted by Crippen LogP contribution is 2.28. The van der Waals surface area contributed by atoms with E-state index in [0.717, 1.165) is 55.0 Å². The predicted molar refractivity (Wildman–Crippen MR) is 260 cm³/mol. The van der Waals surface area contributed by atoms with Crippen LogP contribution in [0.1, 0.15) is 131 Å². The highest BCUT2D eigenvalue weighted by Gasteiger charge is 2.48. The summed E-state index contributed by atoms with van der Waals surface area (Å²) in [5.41, 5.74) is -1.57. The number of carbonyl (C=O) groups is 5. The molecule has 9 nitrogen and oxygen atoms in total. The molecule has 2 aromatic carbocycles. The summed E-state index contributed by atoms with van der Waals surface area (Å²) in [5, 5.41) is 0.931. The Morgan fingerprint density at radius 2 is 1.24 bits per heavy atom. The quantitative estimate of drug-likeness (QED) is 0.0310. The van der Waals surface area contributed by atoms with Crippen molar-refractivity contribution in [2.45, 2.75) is 104 Å². The predicted octanol–water partition coefficient (Wildman–Crippen LogP) is 6.87. The first-order chi connectivity index (χ1) is 28.6. The van der Waals surface area contributed by atoms with E-state index in [1.807, 2.05) is 18.2 Å². The highest BCUT2D eigenvalue weighted by atomic mass is 35.5. The first-order valence-electron chi connectivity index (χ1n) is 19.2. The van der Waals surface area contributed by atoms with Crippen LogP contribution in [0.4, 0.5) is 13.2 Å². The summed E-state index contributed by atoms with van der Waals surface area (Å²) in [6.07, 6.45) is 3.46. The van der Waals surface area contributed by atoms with Crippen molar-refractivity contribution < 1.29 is 54.5 Å². The Morgan fingerprint density at radius 1 is 0.778 bits per heavy atom. The number of esters is 1. The van der Waals surface area contributed by atoms with Crippen LogP contribution in [0.5, 0.6) is 0 Å². The second-order valence-electron chi connectivity index (χ2n) is 13.9. The molecule has 326 valence electrons.